The van der Waals surface area contributed by atoms with Crippen molar-refractivity contribution in [2.24, 2.45) is 0 Å². The van der Waals surface area contributed by atoms with Gasteiger partial charge in [-0.15, -0.1) is 0 Å². The molecule has 0 aliphatic carbocycles. The third-order valence-electron chi connectivity index (χ3n) is 5.49. The highest BCUT2D eigenvalue weighted by Crippen LogP contribution is 2.34. The van der Waals surface area contributed by atoms with Crippen LogP contribution in [0.2, 0.25) is 0 Å². The van der Waals surface area contributed by atoms with Crippen LogP contribution in [0.15, 0.2) is 65.6 Å². The minimum absolute atomic E-state index is 0.0643. The maximum Gasteiger partial charge on any atom is 0.419 e. The topological polar surface area (TPSA) is 75.7 Å². The van der Waals surface area contributed by atoms with Crippen molar-refractivity contribution in [1.82, 2.24) is 0 Å². The molecular formula is C24H20F4N2O4S. The summed E-state index contributed by atoms with van der Waals surface area (Å²) in [4.78, 5) is 12.2. The number of ether oxygens (including phenoxy) is 1. The highest BCUT2D eigenvalue weighted by atomic mass is 32.2. The smallest absolute Gasteiger partial charge is 0.419 e. The maximum absolute atomic E-state index is 13.4. The van der Waals surface area contributed by atoms with Crippen molar-refractivity contribution >= 4 is 27.3 Å². The number of aryl methyl sites for hydroxylation is 1. The number of fused-ring (bicyclic) bond motifs is 1. The first-order valence-corrected chi connectivity index (χ1v) is 11.9. The van der Waals surface area contributed by atoms with Crippen molar-refractivity contribution < 1.29 is 35.5 Å². The molecule has 1 N–H and O–H groups in total. The number of rotatable bonds is 6. The molecule has 0 fully saturated rings. The standard InChI is InChI=1S/C24H20F4N2O4S/c1-15-12-18(35(32,33)30-11-10-16-4-2-3-5-21(16)30)7-9-22(15)34-14-23(31)29-17-6-8-20(25)19(13-17)24(26,27)28/h2-9,12-13H,10-11,14H2,1H3,(H,29,31). The van der Waals surface area contributed by atoms with Crippen molar-refractivity contribution in [1.29, 1.82) is 0 Å². The molecule has 0 bridgehead atoms. The highest BCUT2D eigenvalue weighted by molar-refractivity contribution is 7.92. The first-order chi connectivity index (χ1) is 16.5. The molecule has 4 rings (SSSR count). The molecule has 0 spiro atoms. The molecule has 1 aliphatic rings. The predicted molar refractivity (Wildman–Crippen MR) is 121 cm³/mol. The summed E-state index contributed by atoms with van der Waals surface area (Å²) >= 11 is 0. The number of alkyl halides is 3. The SMILES string of the molecule is Cc1cc(S(=O)(=O)N2CCc3ccccc32)ccc1OCC(=O)Nc1ccc(F)c(C(F)(F)F)c1. The normalized spacial score (nSPS) is 13.5. The fourth-order valence-electron chi connectivity index (χ4n) is 3.79. The summed E-state index contributed by atoms with van der Waals surface area (Å²) in [5.74, 6) is -1.99. The van der Waals surface area contributed by atoms with E-state index < -0.39 is 40.1 Å². The van der Waals surface area contributed by atoms with Crippen LogP contribution in [-0.2, 0) is 27.4 Å². The number of carbonyl (C=O) groups excluding carboxylic acids is 1. The van der Waals surface area contributed by atoms with Gasteiger partial charge in [0, 0.05) is 12.2 Å². The van der Waals surface area contributed by atoms with Crippen LogP contribution < -0.4 is 14.4 Å². The van der Waals surface area contributed by atoms with Gasteiger partial charge in [-0.1, -0.05) is 18.2 Å². The number of nitrogens with zero attached hydrogens (tertiary/aromatic N) is 1. The van der Waals surface area contributed by atoms with Gasteiger partial charge in [0.2, 0.25) is 0 Å². The number of para-hydroxylation sites is 1. The van der Waals surface area contributed by atoms with E-state index in [0.717, 1.165) is 11.6 Å². The number of sulfonamides is 1. The lowest BCUT2D eigenvalue weighted by Crippen LogP contribution is -2.29. The van der Waals surface area contributed by atoms with Gasteiger partial charge in [-0.05, 0) is 66.9 Å². The molecule has 35 heavy (non-hydrogen) atoms. The quantitative estimate of drug-likeness (QED) is 0.480. The Balaban J connectivity index is 1.43. The van der Waals surface area contributed by atoms with Crippen LogP contribution in [0.3, 0.4) is 0 Å². The Morgan fingerprint density at radius 2 is 1.83 bits per heavy atom. The van der Waals surface area contributed by atoms with E-state index in [-0.39, 0.29) is 16.3 Å². The Kier molecular flexibility index (Phi) is 6.46. The Morgan fingerprint density at radius 1 is 1.09 bits per heavy atom. The zero-order valence-electron chi connectivity index (χ0n) is 18.4. The molecule has 1 heterocycles. The number of hydrogen-bond donors (Lipinski definition) is 1. The van der Waals surface area contributed by atoms with Crippen LogP contribution in [0.25, 0.3) is 0 Å². The van der Waals surface area contributed by atoms with Crippen LogP contribution in [-0.4, -0.2) is 27.5 Å². The van der Waals surface area contributed by atoms with Gasteiger partial charge >= 0.3 is 6.18 Å². The Labute approximate surface area is 199 Å². The molecule has 0 radical (unpaired) electrons. The molecule has 1 amide bonds. The predicted octanol–water partition coefficient (Wildman–Crippen LogP) is 4.92. The van der Waals surface area contributed by atoms with E-state index in [1.165, 1.54) is 22.5 Å². The van der Waals surface area contributed by atoms with Gasteiger partial charge < -0.3 is 10.1 Å². The fraction of sp³-hybridized carbons (Fsp3) is 0.208. The first-order valence-electron chi connectivity index (χ1n) is 10.5. The van der Waals surface area contributed by atoms with Crippen LogP contribution in [0.4, 0.5) is 28.9 Å². The summed E-state index contributed by atoms with van der Waals surface area (Å²) < 4.78 is 85.0. The van der Waals surface area contributed by atoms with Gasteiger partial charge in [-0.2, -0.15) is 13.2 Å². The van der Waals surface area contributed by atoms with Crippen molar-refractivity contribution in [3.8, 4) is 5.75 Å². The zero-order valence-corrected chi connectivity index (χ0v) is 19.2. The lowest BCUT2D eigenvalue weighted by molar-refractivity contribution is -0.140. The van der Waals surface area contributed by atoms with E-state index in [2.05, 4.69) is 5.32 Å². The molecule has 0 unspecified atom stereocenters. The molecule has 0 aromatic heterocycles. The minimum Gasteiger partial charge on any atom is -0.483 e. The zero-order chi connectivity index (χ0) is 25.4. The summed E-state index contributed by atoms with van der Waals surface area (Å²) in [6.45, 7) is 1.39. The second-order valence-electron chi connectivity index (χ2n) is 7.91. The second kappa shape index (κ2) is 9.21. The summed E-state index contributed by atoms with van der Waals surface area (Å²) in [7, 11) is -3.81. The Hall–Kier alpha value is -3.60. The number of benzene rings is 3. The molecule has 0 atom stereocenters. The van der Waals surface area contributed by atoms with Crippen molar-refractivity contribution in [3.63, 3.8) is 0 Å². The average Bonchev–Trinajstić information content (AvgIpc) is 3.24. The van der Waals surface area contributed by atoms with Gasteiger partial charge in [-0.3, -0.25) is 9.10 Å². The maximum atomic E-state index is 13.4. The highest BCUT2D eigenvalue weighted by Gasteiger charge is 2.34. The summed E-state index contributed by atoms with van der Waals surface area (Å²) in [6, 6.07) is 13.6. The van der Waals surface area contributed by atoms with Gasteiger partial charge in [-0.25, -0.2) is 12.8 Å². The molecule has 11 heteroatoms. The summed E-state index contributed by atoms with van der Waals surface area (Å²) in [5.41, 5.74) is 0.298. The van der Waals surface area contributed by atoms with Crippen LogP contribution >= 0.6 is 0 Å². The molecule has 184 valence electrons. The van der Waals surface area contributed by atoms with E-state index in [1.54, 1.807) is 19.1 Å². The van der Waals surface area contributed by atoms with Crippen LogP contribution in [0.1, 0.15) is 16.7 Å². The van der Waals surface area contributed by atoms with Gasteiger partial charge in [0.1, 0.15) is 11.6 Å². The largest absolute Gasteiger partial charge is 0.483 e. The molecule has 3 aromatic rings. The minimum atomic E-state index is -4.91. The molecular weight excluding hydrogens is 488 g/mol. The molecule has 6 nitrogen and oxygen atoms in total. The Bertz CT molecular complexity index is 1390. The monoisotopic (exact) mass is 508 g/mol. The molecule has 1 aliphatic heterocycles. The fourth-order valence-corrected chi connectivity index (χ4v) is 5.38. The second-order valence-corrected chi connectivity index (χ2v) is 9.77. The third-order valence-corrected chi connectivity index (χ3v) is 7.30. The van der Waals surface area contributed by atoms with Crippen molar-refractivity contribution in [2.75, 3.05) is 22.8 Å². The van der Waals surface area contributed by atoms with Crippen LogP contribution in [0, 0.1) is 12.7 Å². The number of hydrogen-bond acceptors (Lipinski definition) is 4. The van der Waals surface area contributed by atoms with E-state index in [4.69, 9.17) is 4.74 Å². The van der Waals surface area contributed by atoms with E-state index in [0.29, 0.717) is 36.3 Å². The third kappa shape index (κ3) is 5.09. The van der Waals surface area contributed by atoms with E-state index in [9.17, 15) is 30.8 Å². The summed E-state index contributed by atoms with van der Waals surface area (Å²) in [5, 5.41) is 2.22. The van der Waals surface area contributed by atoms with Gasteiger partial charge in [0.05, 0.1) is 16.1 Å². The Morgan fingerprint density at radius 3 is 2.54 bits per heavy atom. The number of halogens is 4. The number of carbonyl (C=O) groups is 1. The number of anilines is 2. The van der Waals surface area contributed by atoms with Gasteiger partial charge in [0.15, 0.2) is 6.61 Å². The van der Waals surface area contributed by atoms with E-state index >= 15 is 0 Å². The molecule has 0 saturated carbocycles. The molecule has 0 saturated heterocycles. The number of amides is 1. The van der Waals surface area contributed by atoms with Crippen molar-refractivity contribution in [2.45, 2.75) is 24.4 Å². The lowest BCUT2D eigenvalue weighted by atomic mass is 10.2. The van der Waals surface area contributed by atoms with E-state index in [1.807, 2.05) is 12.1 Å². The first kappa shape index (κ1) is 24.5. The van der Waals surface area contributed by atoms with Crippen molar-refractivity contribution in [3.05, 3.63) is 83.2 Å². The van der Waals surface area contributed by atoms with Gasteiger partial charge in [0.25, 0.3) is 15.9 Å². The number of nitrogens with one attached hydrogen (secondary N) is 1. The van der Waals surface area contributed by atoms with Crippen LogP contribution in [0.5, 0.6) is 5.75 Å². The summed E-state index contributed by atoms with van der Waals surface area (Å²) in [6.07, 6.45) is -4.29. The average molecular weight is 508 g/mol. The lowest BCUT2D eigenvalue weighted by Gasteiger charge is -2.20. The molecule has 3 aromatic carbocycles.